The quantitative estimate of drug-likeness (QED) is 0.929. The van der Waals surface area contributed by atoms with Crippen LogP contribution >= 0.6 is 0 Å². The smallest absolute Gasteiger partial charge is 0.0829 e. The molecular formula is C17H22N2O. The fraction of sp³-hybridized carbons (Fsp3) is 0.471. The molecule has 1 aromatic heterocycles. The minimum atomic E-state index is -0.417. The summed E-state index contributed by atoms with van der Waals surface area (Å²) in [5, 5.41) is 14.9. The molecule has 106 valence electrons. The average molecular weight is 270 g/mol. The van der Waals surface area contributed by atoms with Gasteiger partial charge in [0.25, 0.3) is 0 Å². The predicted molar refractivity (Wildman–Crippen MR) is 79.6 cm³/mol. The standard InChI is InChI=1S/C17H22N2O/c1-12-16(11-19(2)18-12)17(20)10-14-8-5-7-13-6-3-4-9-15(13)14/h3-4,6,9,11,14,17,20H,5,7-8,10H2,1-2H3. The van der Waals surface area contributed by atoms with Crippen LogP contribution in [-0.2, 0) is 13.5 Å². The lowest BCUT2D eigenvalue weighted by molar-refractivity contribution is 0.153. The number of fused-ring (bicyclic) bond motifs is 1. The topological polar surface area (TPSA) is 38.0 Å². The Kier molecular flexibility index (Phi) is 3.62. The molecule has 0 saturated heterocycles. The molecular weight excluding hydrogens is 248 g/mol. The monoisotopic (exact) mass is 270 g/mol. The van der Waals surface area contributed by atoms with Crippen molar-refractivity contribution in [3.63, 3.8) is 0 Å². The fourth-order valence-corrected chi connectivity index (χ4v) is 3.44. The van der Waals surface area contributed by atoms with Gasteiger partial charge in [0.1, 0.15) is 0 Å². The molecule has 0 bridgehead atoms. The fourth-order valence-electron chi connectivity index (χ4n) is 3.44. The van der Waals surface area contributed by atoms with Gasteiger partial charge in [0.15, 0.2) is 0 Å². The van der Waals surface area contributed by atoms with Crippen LogP contribution in [0.4, 0.5) is 0 Å². The third-order valence-electron chi connectivity index (χ3n) is 4.41. The summed E-state index contributed by atoms with van der Waals surface area (Å²) < 4.78 is 1.78. The number of aliphatic hydroxyl groups excluding tert-OH is 1. The van der Waals surface area contributed by atoms with Crippen LogP contribution in [0.1, 0.15) is 53.7 Å². The number of aromatic nitrogens is 2. The van der Waals surface area contributed by atoms with Gasteiger partial charge in [-0.2, -0.15) is 5.10 Å². The van der Waals surface area contributed by atoms with Crippen LogP contribution in [-0.4, -0.2) is 14.9 Å². The SMILES string of the molecule is Cc1nn(C)cc1C(O)CC1CCCc2ccccc21. The van der Waals surface area contributed by atoms with Gasteiger partial charge >= 0.3 is 0 Å². The number of nitrogens with zero attached hydrogens (tertiary/aromatic N) is 2. The summed E-state index contributed by atoms with van der Waals surface area (Å²) in [6, 6.07) is 8.67. The first-order chi connectivity index (χ1) is 9.65. The summed E-state index contributed by atoms with van der Waals surface area (Å²) in [5.41, 5.74) is 4.79. The molecule has 0 spiro atoms. The molecule has 1 aliphatic rings. The van der Waals surface area contributed by atoms with Crippen molar-refractivity contribution < 1.29 is 5.11 Å². The van der Waals surface area contributed by atoms with Gasteiger partial charge in [0.05, 0.1) is 11.8 Å². The molecule has 0 radical (unpaired) electrons. The van der Waals surface area contributed by atoms with E-state index in [1.165, 1.54) is 30.4 Å². The van der Waals surface area contributed by atoms with E-state index in [9.17, 15) is 5.11 Å². The Labute approximate surface area is 120 Å². The molecule has 2 atom stereocenters. The van der Waals surface area contributed by atoms with Crippen LogP contribution in [0.25, 0.3) is 0 Å². The third kappa shape index (κ3) is 2.50. The molecule has 1 aromatic carbocycles. The van der Waals surface area contributed by atoms with Crippen LogP contribution in [0, 0.1) is 6.92 Å². The maximum absolute atomic E-state index is 10.5. The maximum atomic E-state index is 10.5. The van der Waals surface area contributed by atoms with E-state index >= 15 is 0 Å². The molecule has 1 heterocycles. The normalized spacial score (nSPS) is 19.6. The highest BCUT2D eigenvalue weighted by atomic mass is 16.3. The zero-order valence-corrected chi connectivity index (χ0v) is 12.2. The maximum Gasteiger partial charge on any atom is 0.0829 e. The Balaban J connectivity index is 1.80. The Morgan fingerprint density at radius 3 is 2.95 bits per heavy atom. The number of aryl methyl sites for hydroxylation is 3. The summed E-state index contributed by atoms with van der Waals surface area (Å²) >= 11 is 0. The summed E-state index contributed by atoms with van der Waals surface area (Å²) in [6.07, 6.45) is 5.89. The van der Waals surface area contributed by atoms with Crippen molar-refractivity contribution in [1.82, 2.24) is 9.78 Å². The van der Waals surface area contributed by atoms with Gasteiger partial charge in [-0.1, -0.05) is 24.3 Å². The minimum Gasteiger partial charge on any atom is -0.388 e. The lowest BCUT2D eigenvalue weighted by Crippen LogP contribution is -2.13. The second-order valence-electron chi connectivity index (χ2n) is 5.88. The lowest BCUT2D eigenvalue weighted by atomic mass is 9.79. The van der Waals surface area contributed by atoms with Gasteiger partial charge in [-0.05, 0) is 49.7 Å². The second kappa shape index (κ2) is 5.41. The van der Waals surface area contributed by atoms with Crippen molar-refractivity contribution in [1.29, 1.82) is 0 Å². The Morgan fingerprint density at radius 1 is 1.40 bits per heavy atom. The summed E-state index contributed by atoms with van der Waals surface area (Å²) in [7, 11) is 1.90. The van der Waals surface area contributed by atoms with Crippen LogP contribution in [0.5, 0.6) is 0 Å². The molecule has 1 N–H and O–H groups in total. The second-order valence-corrected chi connectivity index (χ2v) is 5.88. The zero-order chi connectivity index (χ0) is 14.1. The highest BCUT2D eigenvalue weighted by Crippen LogP contribution is 2.37. The van der Waals surface area contributed by atoms with Gasteiger partial charge in [0, 0.05) is 18.8 Å². The Bertz CT molecular complexity index is 603. The van der Waals surface area contributed by atoms with Crippen molar-refractivity contribution in [2.45, 2.75) is 44.6 Å². The van der Waals surface area contributed by atoms with Gasteiger partial charge in [-0.25, -0.2) is 0 Å². The molecule has 0 aliphatic heterocycles. The van der Waals surface area contributed by atoms with Crippen LogP contribution in [0.2, 0.25) is 0 Å². The summed E-state index contributed by atoms with van der Waals surface area (Å²) in [4.78, 5) is 0. The Hall–Kier alpha value is -1.61. The third-order valence-corrected chi connectivity index (χ3v) is 4.41. The molecule has 3 heteroatoms. The molecule has 2 unspecified atom stereocenters. The van der Waals surface area contributed by atoms with E-state index in [-0.39, 0.29) is 0 Å². The van der Waals surface area contributed by atoms with Crippen molar-refractivity contribution in [2.75, 3.05) is 0 Å². The highest BCUT2D eigenvalue weighted by molar-refractivity contribution is 5.33. The number of rotatable bonds is 3. The van der Waals surface area contributed by atoms with Crippen molar-refractivity contribution in [3.05, 3.63) is 52.8 Å². The lowest BCUT2D eigenvalue weighted by Gasteiger charge is -2.27. The number of hydrogen-bond acceptors (Lipinski definition) is 2. The van der Waals surface area contributed by atoms with E-state index in [0.717, 1.165) is 17.7 Å². The Morgan fingerprint density at radius 2 is 2.20 bits per heavy atom. The molecule has 3 nitrogen and oxygen atoms in total. The van der Waals surface area contributed by atoms with E-state index in [0.29, 0.717) is 5.92 Å². The van der Waals surface area contributed by atoms with Gasteiger partial charge in [0.2, 0.25) is 0 Å². The molecule has 3 rings (SSSR count). The van der Waals surface area contributed by atoms with Crippen LogP contribution < -0.4 is 0 Å². The first-order valence-corrected chi connectivity index (χ1v) is 7.41. The first kappa shape index (κ1) is 13.4. The molecule has 2 aromatic rings. The van der Waals surface area contributed by atoms with E-state index in [2.05, 4.69) is 29.4 Å². The van der Waals surface area contributed by atoms with E-state index < -0.39 is 6.10 Å². The van der Waals surface area contributed by atoms with Crippen LogP contribution in [0.15, 0.2) is 30.5 Å². The first-order valence-electron chi connectivity index (χ1n) is 7.41. The molecule has 20 heavy (non-hydrogen) atoms. The average Bonchev–Trinajstić information content (AvgIpc) is 2.78. The zero-order valence-electron chi connectivity index (χ0n) is 12.2. The number of aliphatic hydroxyl groups is 1. The summed E-state index contributed by atoms with van der Waals surface area (Å²) in [5.74, 6) is 0.467. The summed E-state index contributed by atoms with van der Waals surface area (Å²) in [6.45, 7) is 1.97. The predicted octanol–water partition coefficient (Wildman–Crippen LogP) is 3.27. The largest absolute Gasteiger partial charge is 0.388 e. The highest BCUT2D eigenvalue weighted by Gasteiger charge is 2.24. The van der Waals surface area contributed by atoms with Crippen molar-refractivity contribution >= 4 is 0 Å². The number of hydrogen-bond donors (Lipinski definition) is 1. The van der Waals surface area contributed by atoms with E-state index in [1.54, 1.807) is 4.68 Å². The molecule has 0 amide bonds. The van der Waals surface area contributed by atoms with Crippen LogP contribution in [0.3, 0.4) is 0 Å². The molecule has 0 saturated carbocycles. The van der Waals surface area contributed by atoms with Crippen molar-refractivity contribution in [3.8, 4) is 0 Å². The van der Waals surface area contributed by atoms with Crippen molar-refractivity contribution in [2.24, 2.45) is 7.05 Å². The number of benzene rings is 1. The minimum absolute atomic E-state index is 0.417. The van der Waals surface area contributed by atoms with Gasteiger partial charge in [-0.3, -0.25) is 4.68 Å². The van der Waals surface area contributed by atoms with Gasteiger partial charge in [-0.15, -0.1) is 0 Å². The molecule has 0 fully saturated rings. The van der Waals surface area contributed by atoms with E-state index in [4.69, 9.17) is 0 Å². The van der Waals surface area contributed by atoms with Gasteiger partial charge < -0.3 is 5.11 Å². The van der Waals surface area contributed by atoms with E-state index in [1.807, 2.05) is 20.2 Å². The molecule has 1 aliphatic carbocycles.